The van der Waals surface area contributed by atoms with Crippen LogP contribution in [0.4, 0.5) is 0 Å². The molecule has 3 nitrogen and oxygen atoms in total. The summed E-state index contributed by atoms with van der Waals surface area (Å²) < 4.78 is 27.0. The van der Waals surface area contributed by atoms with E-state index in [0.717, 1.165) is 12.0 Å². The van der Waals surface area contributed by atoms with Crippen molar-refractivity contribution in [2.45, 2.75) is 31.7 Å². The zero-order valence-corrected chi connectivity index (χ0v) is 13.3. The smallest absolute Gasteiger partial charge is 0.207 e. The van der Waals surface area contributed by atoms with Crippen LogP contribution in [0.3, 0.4) is 0 Å². The standard InChI is InChI=1S/C17H21NO2S/c1-3-13-18(14-16-11-9-15(2)10-12-16)21(19,20)17-7-5-4-6-8-17/h4-12H,3,13-14H2,1-2H3. The average molecular weight is 303 g/mol. The van der Waals surface area contributed by atoms with E-state index < -0.39 is 10.0 Å². The van der Waals surface area contributed by atoms with Gasteiger partial charge in [-0.1, -0.05) is 55.0 Å². The quantitative estimate of drug-likeness (QED) is 0.817. The molecule has 0 radical (unpaired) electrons. The molecule has 0 N–H and O–H groups in total. The molecule has 0 fully saturated rings. The molecule has 2 aromatic carbocycles. The van der Waals surface area contributed by atoms with E-state index in [1.54, 1.807) is 28.6 Å². The van der Waals surface area contributed by atoms with Crippen molar-refractivity contribution >= 4 is 10.0 Å². The predicted octanol–water partition coefficient (Wildman–Crippen LogP) is 3.60. The molecule has 0 saturated carbocycles. The molecule has 0 aromatic heterocycles. The zero-order chi connectivity index (χ0) is 15.3. The summed E-state index contributed by atoms with van der Waals surface area (Å²) in [7, 11) is -3.44. The molecule has 0 heterocycles. The first-order chi connectivity index (χ1) is 10.0. The topological polar surface area (TPSA) is 37.4 Å². The highest BCUT2D eigenvalue weighted by atomic mass is 32.2. The lowest BCUT2D eigenvalue weighted by Gasteiger charge is -2.22. The molecular weight excluding hydrogens is 282 g/mol. The maximum Gasteiger partial charge on any atom is 0.243 e. The minimum absolute atomic E-state index is 0.352. The first kappa shape index (κ1) is 15.7. The van der Waals surface area contributed by atoms with E-state index in [2.05, 4.69) is 0 Å². The van der Waals surface area contributed by atoms with Crippen molar-refractivity contribution in [1.82, 2.24) is 4.31 Å². The second-order valence-electron chi connectivity index (χ2n) is 5.14. The molecule has 0 amide bonds. The van der Waals surface area contributed by atoms with E-state index in [9.17, 15) is 8.42 Å². The van der Waals surface area contributed by atoms with Crippen LogP contribution in [0.15, 0.2) is 59.5 Å². The number of hydrogen-bond donors (Lipinski definition) is 0. The fourth-order valence-corrected chi connectivity index (χ4v) is 3.71. The molecule has 4 heteroatoms. The summed E-state index contributed by atoms with van der Waals surface area (Å²) >= 11 is 0. The Morgan fingerprint density at radius 2 is 1.57 bits per heavy atom. The summed E-state index contributed by atoms with van der Waals surface area (Å²) in [5, 5.41) is 0. The predicted molar refractivity (Wildman–Crippen MR) is 85.5 cm³/mol. The third-order valence-corrected chi connectivity index (χ3v) is 5.19. The van der Waals surface area contributed by atoms with Crippen molar-refractivity contribution in [1.29, 1.82) is 0 Å². The molecule has 112 valence electrons. The monoisotopic (exact) mass is 303 g/mol. The molecule has 0 atom stereocenters. The largest absolute Gasteiger partial charge is 0.243 e. The van der Waals surface area contributed by atoms with Crippen molar-refractivity contribution in [3.63, 3.8) is 0 Å². The lowest BCUT2D eigenvalue weighted by Crippen LogP contribution is -2.31. The van der Waals surface area contributed by atoms with Gasteiger partial charge < -0.3 is 0 Å². The van der Waals surface area contributed by atoms with Crippen LogP contribution in [0.25, 0.3) is 0 Å². The van der Waals surface area contributed by atoms with Gasteiger partial charge in [0.1, 0.15) is 0 Å². The van der Waals surface area contributed by atoms with Gasteiger partial charge in [0, 0.05) is 13.1 Å². The Hall–Kier alpha value is -1.65. The zero-order valence-electron chi connectivity index (χ0n) is 12.5. The Morgan fingerprint density at radius 1 is 0.952 bits per heavy atom. The Labute approximate surface area is 127 Å². The third kappa shape index (κ3) is 3.93. The molecule has 0 bridgehead atoms. The minimum atomic E-state index is -3.44. The van der Waals surface area contributed by atoms with Crippen molar-refractivity contribution in [2.24, 2.45) is 0 Å². The van der Waals surface area contributed by atoms with Crippen LogP contribution in [0.1, 0.15) is 24.5 Å². The highest BCUT2D eigenvalue weighted by Gasteiger charge is 2.23. The van der Waals surface area contributed by atoms with E-state index in [0.29, 0.717) is 18.0 Å². The second kappa shape index (κ2) is 6.87. The summed E-state index contributed by atoms with van der Waals surface area (Å²) in [4.78, 5) is 0.352. The van der Waals surface area contributed by atoms with Gasteiger partial charge in [-0.05, 0) is 31.0 Å². The van der Waals surface area contributed by atoms with E-state index in [4.69, 9.17) is 0 Å². The molecular formula is C17H21NO2S. The maximum atomic E-state index is 12.7. The highest BCUT2D eigenvalue weighted by molar-refractivity contribution is 7.89. The summed E-state index contributed by atoms with van der Waals surface area (Å²) in [6.45, 7) is 4.94. The van der Waals surface area contributed by atoms with E-state index in [1.807, 2.05) is 44.2 Å². The van der Waals surface area contributed by atoms with Crippen LogP contribution in [-0.4, -0.2) is 19.3 Å². The van der Waals surface area contributed by atoms with Crippen LogP contribution in [-0.2, 0) is 16.6 Å². The summed E-state index contributed by atoms with van der Waals surface area (Å²) in [5.41, 5.74) is 2.18. The first-order valence-electron chi connectivity index (χ1n) is 7.15. The lowest BCUT2D eigenvalue weighted by molar-refractivity contribution is 0.405. The lowest BCUT2D eigenvalue weighted by atomic mass is 10.1. The van der Waals surface area contributed by atoms with Gasteiger partial charge in [-0.2, -0.15) is 4.31 Å². The summed E-state index contributed by atoms with van der Waals surface area (Å²) in [6.07, 6.45) is 0.790. The minimum Gasteiger partial charge on any atom is -0.207 e. The van der Waals surface area contributed by atoms with Gasteiger partial charge in [-0.15, -0.1) is 0 Å². The van der Waals surface area contributed by atoms with Crippen LogP contribution in [0.2, 0.25) is 0 Å². The number of nitrogens with zero attached hydrogens (tertiary/aromatic N) is 1. The molecule has 2 aromatic rings. The molecule has 2 rings (SSSR count). The van der Waals surface area contributed by atoms with Crippen molar-refractivity contribution in [3.05, 3.63) is 65.7 Å². The Kier molecular flexibility index (Phi) is 5.15. The van der Waals surface area contributed by atoms with E-state index in [1.165, 1.54) is 5.56 Å². The Bertz CT molecular complexity index is 664. The van der Waals surface area contributed by atoms with Crippen LogP contribution < -0.4 is 0 Å². The number of rotatable bonds is 6. The van der Waals surface area contributed by atoms with Gasteiger partial charge in [0.25, 0.3) is 0 Å². The number of aryl methyl sites for hydroxylation is 1. The van der Waals surface area contributed by atoms with Crippen LogP contribution >= 0.6 is 0 Å². The second-order valence-corrected chi connectivity index (χ2v) is 7.08. The molecule has 0 aliphatic heterocycles. The van der Waals surface area contributed by atoms with Gasteiger partial charge in [0.05, 0.1) is 4.90 Å². The summed E-state index contributed by atoms with van der Waals surface area (Å²) in [5.74, 6) is 0. The SMILES string of the molecule is CCCN(Cc1ccc(C)cc1)S(=O)(=O)c1ccccc1. The van der Waals surface area contributed by atoms with Gasteiger partial charge in [-0.25, -0.2) is 8.42 Å². The normalized spacial score (nSPS) is 11.8. The van der Waals surface area contributed by atoms with E-state index in [-0.39, 0.29) is 0 Å². The number of hydrogen-bond acceptors (Lipinski definition) is 2. The maximum absolute atomic E-state index is 12.7. The third-order valence-electron chi connectivity index (χ3n) is 3.33. The highest BCUT2D eigenvalue weighted by Crippen LogP contribution is 2.18. The fraction of sp³-hybridized carbons (Fsp3) is 0.294. The molecule has 0 unspecified atom stereocenters. The Morgan fingerprint density at radius 3 is 2.14 bits per heavy atom. The molecule has 21 heavy (non-hydrogen) atoms. The van der Waals surface area contributed by atoms with Gasteiger partial charge >= 0.3 is 0 Å². The van der Waals surface area contributed by atoms with Gasteiger partial charge in [-0.3, -0.25) is 0 Å². The summed E-state index contributed by atoms with van der Waals surface area (Å²) in [6, 6.07) is 16.6. The Balaban J connectivity index is 2.28. The van der Waals surface area contributed by atoms with Crippen LogP contribution in [0, 0.1) is 6.92 Å². The molecule has 0 spiro atoms. The fourth-order valence-electron chi connectivity index (χ4n) is 2.17. The molecule has 0 aliphatic carbocycles. The number of benzene rings is 2. The van der Waals surface area contributed by atoms with E-state index >= 15 is 0 Å². The van der Waals surface area contributed by atoms with Gasteiger partial charge in [0.2, 0.25) is 10.0 Å². The van der Waals surface area contributed by atoms with Crippen molar-refractivity contribution < 1.29 is 8.42 Å². The van der Waals surface area contributed by atoms with Crippen molar-refractivity contribution in [3.8, 4) is 0 Å². The number of sulfonamides is 1. The average Bonchev–Trinajstić information content (AvgIpc) is 2.50. The molecule has 0 saturated heterocycles. The first-order valence-corrected chi connectivity index (χ1v) is 8.59. The van der Waals surface area contributed by atoms with Crippen molar-refractivity contribution in [2.75, 3.05) is 6.54 Å². The molecule has 0 aliphatic rings. The van der Waals surface area contributed by atoms with Crippen LogP contribution in [0.5, 0.6) is 0 Å². The van der Waals surface area contributed by atoms with Gasteiger partial charge in [0.15, 0.2) is 0 Å².